The molecule has 0 rings (SSSR count). The Morgan fingerprint density at radius 3 is 1.00 bits per heavy atom. The van der Waals surface area contributed by atoms with Crippen LogP contribution in [0.2, 0.25) is 0 Å². The van der Waals surface area contributed by atoms with Crippen molar-refractivity contribution in [1.29, 1.82) is 0 Å². The third kappa shape index (κ3) is 28.1. The van der Waals surface area contributed by atoms with E-state index >= 15 is 0 Å². The molecule has 0 aliphatic rings. The topological polar surface area (TPSA) is 6.48 Å². The third-order valence-corrected chi connectivity index (χ3v) is 9.23. The fraction of sp³-hybridized carbons (Fsp3) is 1.00. The Bertz CT molecular complexity index is 428. The van der Waals surface area contributed by atoms with Gasteiger partial charge in [-0.25, -0.2) is 0 Å². The normalized spacial score (nSPS) is 13.5. The van der Waals surface area contributed by atoms with E-state index in [-0.39, 0.29) is 0 Å². The van der Waals surface area contributed by atoms with Gasteiger partial charge in [0.05, 0.1) is 0 Å². The summed E-state index contributed by atoms with van der Waals surface area (Å²) in [4.78, 5) is 5.35. The molecular formula is C38H80N2. The molecule has 0 amide bonds. The standard InChI is InChI=1S/C38H80N2/c1-7-11-15-19-21-25-31-37(29-23-17-13-9-3)35-40(34-28-27-33-39(5)6)36-38(30-24-18-14-10-4)32-26-22-20-16-12-8-2/h37-38H,7-36H2,1-6H3. The highest BCUT2D eigenvalue weighted by atomic mass is 15.1. The average molecular weight is 565 g/mol. The molecule has 0 heterocycles. The first kappa shape index (κ1) is 39.9. The van der Waals surface area contributed by atoms with Crippen LogP contribution in [0.25, 0.3) is 0 Å². The van der Waals surface area contributed by atoms with Crippen molar-refractivity contribution < 1.29 is 0 Å². The summed E-state index contributed by atoms with van der Waals surface area (Å²) in [6, 6.07) is 0. The van der Waals surface area contributed by atoms with Crippen molar-refractivity contribution >= 4 is 0 Å². The van der Waals surface area contributed by atoms with Crippen molar-refractivity contribution in [3.05, 3.63) is 0 Å². The fourth-order valence-corrected chi connectivity index (χ4v) is 6.55. The van der Waals surface area contributed by atoms with Gasteiger partial charge in [0.2, 0.25) is 0 Å². The maximum Gasteiger partial charge on any atom is 0.000977 e. The van der Waals surface area contributed by atoms with Gasteiger partial charge in [-0.15, -0.1) is 0 Å². The summed E-state index contributed by atoms with van der Waals surface area (Å²) in [6.45, 7) is 14.7. The summed E-state index contributed by atoms with van der Waals surface area (Å²) in [5.41, 5.74) is 0. The zero-order valence-corrected chi connectivity index (χ0v) is 29.3. The monoisotopic (exact) mass is 565 g/mol. The van der Waals surface area contributed by atoms with Gasteiger partial charge in [-0.05, 0) is 77.5 Å². The van der Waals surface area contributed by atoms with E-state index in [0.29, 0.717) is 0 Å². The van der Waals surface area contributed by atoms with Crippen molar-refractivity contribution in [1.82, 2.24) is 9.80 Å². The van der Waals surface area contributed by atoms with Gasteiger partial charge in [0.1, 0.15) is 0 Å². The van der Waals surface area contributed by atoms with E-state index in [1.807, 2.05) is 0 Å². The molecule has 2 heteroatoms. The van der Waals surface area contributed by atoms with Crippen molar-refractivity contribution in [2.75, 3.05) is 40.3 Å². The highest BCUT2D eigenvalue weighted by molar-refractivity contribution is 4.73. The van der Waals surface area contributed by atoms with Crippen LogP contribution in [0.3, 0.4) is 0 Å². The molecule has 242 valence electrons. The van der Waals surface area contributed by atoms with Gasteiger partial charge in [0, 0.05) is 13.1 Å². The summed E-state index contributed by atoms with van der Waals surface area (Å²) in [7, 11) is 4.47. The van der Waals surface area contributed by atoms with Crippen LogP contribution in [0.5, 0.6) is 0 Å². The van der Waals surface area contributed by atoms with Crippen molar-refractivity contribution in [2.24, 2.45) is 11.8 Å². The first-order valence-corrected chi connectivity index (χ1v) is 18.9. The van der Waals surface area contributed by atoms with E-state index in [4.69, 9.17) is 0 Å². The van der Waals surface area contributed by atoms with E-state index in [1.54, 1.807) is 0 Å². The van der Waals surface area contributed by atoms with E-state index in [1.165, 1.54) is 193 Å². The molecule has 0 aromatic heterocycles. The van der Waals surface area contributed by atoms with Crippen LogP contribution in [-0.4, -0.2) is 50.1 Å². The maximum atomic E-state index is 2.98. The zero-order valence-electron chi connectivity index (χ0n) is 29.3. The van der Waals surface area contributed by atoms with Crippen molar-refractivity contribution in [3.8, 4) is 0 Å². The van der Waals surface area contributed by atoms with E-state index in [9.17, 15) is 0 Å². The van der Waals surface area contributed by atoms with E-state index in [0.717, 1.165) is 11.8 Å². The maximum absolute atomic E-state index is 2.98. The lowest BCUT2D eigenvalue weighted by Gasteiger charge is -2.32. The molecule has 0 spiro atoms. The lowest BCUT2D eigenvalue weighted by atomic mass is 9.91. The molecule has 0 radical (unpaired) electrons. The predicted octanol–water partition coefficient (Wildman–Crippen LogP) is 12.3. The molecule has 0 N–H and O–H groups in total. The largest absolute Gasteiger partial charge is 0.309 e. The smallest absolute Gasteiger partial charge is 0.000977 e. The van der Waals surface area contributed by atoms with Gasteiger partial charge in [-0.2, -0.15) is 0 Å². The molecule has 0 bridgehead atoms. The first-order valence-electron chi connectivity index (χ1n) is 18.9. The molecule has 0 aromatic carbocycles. The molecule has 2 atom stereocenters. The molecule has 0 saturated carbocycles. The quantitative estimate of drug-likeness (QED) is 0.0731. The highest BCUT2D eigenvalue weighted by Gasteiger charge is 2.19. The number of nitrogens with zero attached hydrogens (tertiary/aromatic N) is 2. The molecule has 0 aliphatic carbocycles. The van der Waals surface area contributed by atoms with Crippen LogP contribution in [0.15, 0.2) is 0 Å². The molecule has 0 fully saturated rings. The van der Waals surface area contributed by atoms with E-state index in [2.05, 4.69) is 51.6 Å². The predicted molar refractivity (Wildman–Crippen MR) is 185 cm³/mol. The second-order valence-electron chi connectivity index (χ2n) is 13.8. The Balaban J connectivity index is 5.18. The Hall–Kier alpha value is -0.0800. The molecule has 0 aromatic rings. The highest BCUT2D eigenvalue weighted by Crippen LogP contribution is 2.24. The zero-order chi connectivity index (χ0) is 29.5. The van der Waals surface area contributed by atoms with Gasteiger partial charge in [0.25, 0.3) is 0 Å². The number of hydrogen-bond donors (Lipinski definition) is 0. The average Bonchev–Trinajstić information content (AvgIpc) is 2.94. The molecule has 0 aliphatic heterocycles. The minimum Gasteiger partial charge on any atom is -0.309 e. The van der Waals surface area contributed by atoms with Gasteiger partial charge in [-0.1, -0.05) is 156 Å². The van der Waals surface area contributed by atoms with Crippen LogP contribution < -0.4 is 0 Å². The SMILES string of the molecule is CCCCCCCCC(CCCCCC)CN(CCCCN(C)C)CC(CCCCCC)CCCCCCCC. The van der Waals surface area contributed by atoms with Gasteiger partial charge < -0.3 is 9.80 Å². The Kier molecular flexibility index (Phi) is 31.8. The van der Waals surface area contributed by atoms with Crippen LogP contribution in [0.4, 0.5) is 0 Å². The first-order chi connectivity index (χ1) is 19.6. The van der Waals surface area contributed by atoms with Crippen LogP contribution in [0.1, 0.15) is 195 Å². The molecule has 2 nitrogen and oxygen atoms in total. The molecule has 0 saturated heterocycles. The summed E-state index contributed by atoms with van der Waals surface area (Å²) >= 11 is 0. The summed E-state index contributed by atoms with van der Waals surface area (Å²) in [6.07, 6.45) is 37.3. The fourth-order valence-electron chi connectivity index (χ4n) is 6.55. The van der Waals surface area contributed by atoms with Gasteiger partial charge in [0.15, 0.2) is 0 Å². The summed E-state index contributed by atoms with van der Waals surface area (Å²) in [5.74, 6) is 1.85. The minimum atomic E-state index is 0.923. The Morgan fingerprint density at radius 2 is 0.650 bits per heavy atom. The lowest BCUT2D eigenvalue weighted by molar-refractivity contribution is 0.169. The Labute approximate surface area is 256 Å². The number of unbranched alkanes of at least 4 members (excludes halogenated alkanes) is 17. The van der Waals surface area contributed by atoms with Crippen molar-refractivity contribution in [3.63, 3.8) is 0 Å². The lowest BCUT2D eigenvalue weighted by Crippen LogP contribution is -2.35. The molecule has 40 heavy (non-hydrogen) atoms. The van der Waals surface area contributed by atoms with Crippen LogP contribution in [-0.2, 0) is 0 Å². The molecular weight excluding hydrogens is 484 g/mol. The van der Waals surface area contributed by atoms with E-state index < -0.39 is 0 Å². The van der Waals surface area contributed by atoms with Crippen molar-refractivity contribution in [2.45, 2.75) is 195 Å². The third-order valence-electron chi connectivity index (χ3n) is 9.23. The number of hydrogen-bond acceptors (Lipinski definition) is 2. The van der Waals surface area contributed by atoms with Gasteiger partial charge >= 0.3 is 0 Å². The van der Waals surface area contributed by atoms with Gasteiger partial charge in [-0.3, -0.25) is 0 Å². The molecule has 2 unspecified atom stereocenters. The summed E-state index contributed by atoms with van der Waals surface area (Å²) in [5, 5.41) is 0. The number of rotatable bonds is 33. The second-order valence-corrected chi connectivity index (χ2v) is 13.8. The van der Waals surface area contributed by atoms with Crippen LogP contribution >= 0.6 is 0 Å². The van der Waals surface area contributed by atoms with Crippen LogP contribution in [0, 0.1) is 11.8 Å². The second kappa shape index (κ2) is 31.8. The minimum absolute atomic E-state index is 0.923. The summed E-state index contributed by atoms with van der Waals surface area (Å²) < 4.78 is 0. The Morgan fingerprint density at radius 1 is 0.350 bits per heavy atom.